The van der Waals surface area contributed by atoms with E-state index in [1.54, 1.807) is 0 Å². The summed E-state index contributed by atoms with van der Waals surface area (Å²) in [5.74, 6) is -0.715. The first-order chi connectivity index (χ1) is 11.4. The van der Waals surface area contributed by atoms with Crippen molar-refractivity contribution >= 4 is 27.7 Å². The lowest BCUT2D eigenvalue weighted by Crippen LogP contribution is -2.14. The van der Waals surface area contributed by atoms with Gasteiger partial charge in [-0.05, 0) is 54.0 Å². The van der Waals surface area contributed by atoms with Gasteiger partial charge in [-0.25, -0.2) is 19.0 Å². The molecule has 2 heterocycles. The van der Waals surface area contributed by atoms with Crippen molar-refractivity contribution in [3.8, 4) is 5.69 Å². The molecule has 0 aliphatic heterocycles. The van der Waals surface area contributed by atoms with Crippen molar-refractivity contribution in [3.63, 3.8) is 0 Å². The van der Waals surface area contributed by atoms with Crippen LogP contribution in [0.3, 0.4) is 0 Å². The maximum atomic E-state index is 14.4. The van der Waals surface area contributed by atoms with Gasteiger partial charge in [-0.3, -0.25) is 4.79 Å². The first-order valence-corrected chi connectivity index (χ1v) is 7.85. The van der Waals surface area contributed by atoms with Crippen LogP contribution in [0.15, 0.2) is 41.3 Å². The van der Waals surface area contributed by atoms with Crippen LogP contribution in [0.2, 0.25) is 0 Å². The number of hydrogen-bond acceptors (Lipinski definition) is 4. The molecule has 0 spiro atoms. The minimum atomic E-state index is -0.532. The van der Waals surface area contributed by atoms with E-state index in [1.165, 1.54) is 35.3 Å². The summed E-state index contributed by atoms with van der Waals surface area (Å²) in [4.78, 5) is 20.1. The average molecular weight is 390 g/mol. The van der Waals surface area contributed by atoms with E-state index in [9.17, 15) is 9.18 Å². The van der Waals surface area contributed by atoms with E-state index in [-0.39, 0.29) is 11.4 Å². The first-order valence-electron chi connectivity index (χ1n) is 7.06. The number of aromatic nitrogens is 4. The summed E-state index contributed by atoms with van der Waals surface area (Å²) in [7, 11) is 0. The number of halogens is 2. The maximum absolute atomic E-state index is 14.4. The number of nitrogens with one attached hydrogen (secondary N) is 1. The van der Waals surface area contributed by atoms with Crippen LogP contribution < -0.4 is 5.32 Å². The summed E-state index contributed by atoms with van der Waals surface area (Å²) >= 11 is 3.16. The van der Waals surface area contributed by atoms with Crippen molar-refractivity contribution in [2.75, 3.05) is 5.32 Å². The van der Waals surface area contributed by atoms with Crippen LogP contribution in [-0.2, 0) is 0 Å². The van der Waals surface area contributed by atoms with Crippen molar-refractivity contribution in [1.29, 1.82) is 0 Å². The molecule has 24 heavy (non-hydrogen) atoms. The van der Waals surface area contributed by atoms with Crippen molar-refractivity contribution < 1.29 is 9.18 Å². The van der Waals surface area contributed by atoms with Gasteiger partial charge in [0.25, 0.3) is 5.91 Å². The molecule has 0 atom stereocenters. The second kappa shape index (κ2) is 6.48. The van der Waals surface area contributed by atoms with Gasteiger partial charge in [-0.2, -0.15) is 5.10 Å². The van der Waals surface area contributed by atoms with Crippen LogP contribution in [-0.4, -0.2) is 25.7 Å². The molecule has 1 amide bonds. The van der Waals surface area contributed by atoms with Gasteiger partial charge in [0.1, 0.15) is 16.1 Å². The molecule has 0 aliphatic carbocycles. The third kappa shape index (κ3) is 3.33. The zero-order chi connectivity index (χ0) is 17.3. The number of nitrogens with zero attached hydrogens (tertiary/aromatic N) is 4. The zero-order valence-corrected chi connectivity index (χ0v) is 14.5. The lowest BCUT2D eigenvalue weighted by Gasteiger charge is -2.08. The molecule has 8 heteroatoms. The molecule has 0 aliphatic rings. The molecular formula is C16H13BrFN5O. The van der Waals surface area contributed by atoms with Gasteiger partial charge in [0, 0.05) is 11.3 Å². The Hall–Kier alpha value is -2.61. The number of anilines is 1. The highest BCUT2D eigenvalue weighted by molar-refractivity contribution is 9.10. The highest BCUT2D eigenvalue weighted by Gasteiger charge is 2.13. The summed E-state index contributed by atoms with van der Waals surface area (Å²) in [6.45, 7) is 3.68. The normalized spacial score (nSPS) is 10.7. The minimum Gasteiger partial charge on any atom is -0.305 e. The van der Waals surface area contributed by atoms with E-state index in [0.29, 0.717) is 10.3 Å². The number of rotatable bonds is 3. The first kappa shape index (κ1) is 16.3. The fourth-order valence-corrected chi connectivity index (χ4v) is 2.46. The highest BCUT2D eigenvalue weighted by atomic mass is 79.9. The molecule has 0 saturated carbocycles. The third-order valence-electron chi connectivity index (χ3n) is 3.31. The number of carbonyl (C=O) groups excluding carboxylic acids is 1. The van der Waals surface area contributed by atoms with E-state index in [0.717, 1.165) is 11.4 Å². The second-order valence-corrected chi connectivity index (χ2v) is 6.00. The van der Waals surface area contributed by atoms with E-state index < -0.39 is 11.7 Å². The standard InChI is InChI=1S/C16H13BrFN5O/c1-9-5-10(2)23(22-9)13-4-3-11(6-12(13)18)16(24)21-15-8-19-14(17)7-20-15/h3-8H,1-2H3,(H,20,21,24). The van der Waals surface area contributed by atoms with Crippen LogP contribution in [0, 0.1) is 19.7 Å². The van der Waals surface area contributed by atoms with E-state index in [1.807, 2.05) is 19.9 Å². The predicted octanol–water partition coefficient (Wildman–Crippen LogP) is 3.43. The molecule has 3 aromatic rings. The number of carbonyl (C=O) groups is 1. The Kier molecular flexibility index (Phi) is 4.39. The van der Waals surface area contributed by atoms with Crippen LogP contribution in [0.25, 0.3) is 5.69 Å². The fraction of sp³-hybridized carbons (Fsp3) is 0.125. The van der Waals surface area contributed by atoms with E-state index in [2.05, 4.69) is 36.3 Å². The number of benzene rings is 1. The molecule has 3 rings (SSSR count). The van der Waals surface area contributed by atoms with Gasteiger partial charge in [0.2, 0.25) is 0 Å². The maximum Gasteiger partial charge on any atom is 0.256 e. The van der Waals surface area contributed by atoms with Crippen LogP contribution in [0.4, 0.5) is 10.2 Å². The monoisotopic (exact) mass is 389 g/mol. The lowest BCUT2D eigenvalue weighted by molar-refractivity contribution is 0.102. The Morgan fingerprint density at radius 2 is 2.00 bits per heavy atom. The molecule has 0 fully saturated rings. The molecule has 0 unspecified atom stereocenters. The number of amides is 1. The van der Waals surface area contributed by atoms with Crippen LogP contribution in [0.1, 0.15) is 21.7 Å². The van der Waals surface area contributed by atoms with Gasteiger partial charge >= 0.3 is 0 Å². The van der Waals surface area contributed by atoms with E-state index >= 15 is 0 Å². The topological polar surface area (TPSA) is 72.7 Å². The van der Waals surface area contributed by atoms with Crippen molar-refractivity contribution in [3.05, 3.63) is 64.0 Å². The number of aryl methyl sites for hydroxylation is 2. The van der Waals surface area contributed by atoms with Gasteiger partial charge in [-0.1, -0.05) is 0 Å². The number of hydrogen-bond donors (Lipinski definition) is 1. The minimum absolute atomic E-state index is 0.183. The summed E-state index contributed by atoms with van der Waals surface area (Å²) in [5, 5.41) is 6.81. The molecule has 0 saturated heterocycles. The second-order valence-electron chi connectivity index (χ2n) is 5.18. The molecule has 0 bridgehead atoms. The Labute approximate surface area is 145 Å². The zero-order valence-electron chi connectivity index (χ0n) is 12.9. The third-order valence-corrected chi connectivity index (χ3v) is 3.72. The SMILES string of the molecule is Cc1cc(C)n(-c2ccc(C(=O)Nc3cnc(Br)cn3)cc2F)n1. The van der Waals surface area contributed by atoms with Crippen molar-refractivity contribution in [2.45, 2.75) is 13.8 Å². The van der Waals surface area contributed by atoms with Gasteiger partial charge in [0.05, 0.1) is 18.1 Å². The van der Waals surface area contributed by atoms with Gasteiger partial charge < -0.3 is 5.32 Å². The molecular weight excluding hydrogens is 377 g/mol. The Morgan fingerprint density at radius 1 is 1.21 bits per heavy atom. The van der Waals surface area contributed by atoms with Crippen LogP contribution in [0.5, 0.6) is 0 Å². The van der Waals surface area contributed by atoms with Gasteiger partial charge in [0.15, 0.2) is 5.82 Å². The van der Waals surface area contributed by atoms with E-state index in [4.69, 9.17) is 0 Å². The average Bonchev–Trinajstić information content (AvgIpc) is 2.88. The largest absolute Gasteiger partial charge is 0.305 e. The van der Waals surface area contributed by atoms with Crippen LogP contribution >= 0.6 is 15.9 Å². The summed E-state index contributed by atoms with van der Waals surface area (Å²) in [5.41, 5.74) is 2.08. The molecule has 1 N–H and O–H groups in total. The predicted molar refractivity (Wildman–Crippen MR) is 90.7 cm³/mol. The highest BCUT2D eigenvalue weighted by Crippen LogP contribution is 2.18. The Morgan fingerprint density at radius 3 is 2.58 bits per heavy atom. The molecule has 0 radical (unpaired) electrons. The summed E-state index contributed by atoms with van der Waals surface area (Å²) < 4.78 is 16.5. The Bertz CT molecular complexity index is 907. The lowest BCUT2D eigenvalue weighted by atomic mass is 10.2. The molecule has 2 aromatic heterocycles. The smallest absolute Gasteiger partial charge is 0.256 e. The van der Waals surface area contributed by atoms with Crippen molar-refractivity contribution in [2.24, 2.45) is 0 Å². The summed E-state index contributed by atoms with van der Waals surface area (Å²) in [6, 6.07) is 6.09. The fourth-order valence-electron chi connectivity index (χ4n) is 2.26. The molecule has 122 valence electrons. The molecule has 1 aromatic carbocycles. The molecule has 6 nitrogen and oxygen atoms in total. The van der Waals surface area contributed by atoms with Gasteiger partial charge in [-0.15, -0.1) is 0 Å². The summed E-state index contributed by atoms with van der Waals surface area (Å²) in [6.07, 6.45) is 2.87. The quantitative estimate of drug-likeness (QED) is 0.744. The van der Waals surface area contributed by atoms with Crippen molar-refractivity contribution in [1.82, 2.24) is 19.7 Å². The Balaban J connectivity index is 1.85.